The van der Waals surface area contributed by atoms with Crippen LogP contribution in [-0.4, -0.2) is 68.3 Å². The second-order valence-electron chi connectivity index (χ2n) is 10.3. The molecule has 0 saturated carbocycles. The number of pyridine rings is 2. The Morgan fingerprint density at radius 2 is 1.91 bits per heavy atom. The van der Waals surface area contributed by atoms with E-state index >= 15 is 0 Å². The maximum absolute atomic E-state index is 14.3. The van der Waals surface area contributed by atoms with Crippen LogP contribution in [0.25, 0.3) is 22.0 Å². The van der Waals surface area contributed by atoms with Crippen LogP contribution in [-0.2, 0) is 19.5 Å². The fourth-order valence-corrected chi connectivity index (χ4v) is 6.32. The van der Waals surface area contributed by atoms with Crippen LogP contribution in [0.3, 0.4) is 0 Å². The third kappa shape index (κ3) is 5.86. The van der Waals surface area contributed by atoms with Gasteiger partial charge in [-0.05, 0) is 42.0 Å². The Bertz CT molecular complexity index is 1870. The lowest BCUT2D eigenvalue weighted by Crippen LogP contribution is -2.43. The van der Waals surface area contributed by atoms with Gasteiger partial charge in [0.25, 0.3) is 10.0 Å². The standard InChI is InChI=1S/C29H27F2N5O7S/c1-41-27-23(36-44(39,40)24-5-3-19(30)13-21(24)31)12-18(14-33-27)16-2-4-22-17(10-16)11-20(28(37)38)26(34-22)35-25-15-42-29(43-25)6-8-32-9-7-29/h2-5,10-14,25,32,36H,6-9,15H2,1H3,(H,34,35)(H,37,38). The highest BCUT2D eigenvalue weighted by molar-refractivity contribution is 7.92. The van der Waals surface area contributed by atoms with Crippen molar-refractivity contribution >= 4 is 38.4 Å². The van der Waals surface area contributed by atoms with Crippen LogP contribution in [0.2, 0.25) is 0 Å². The van der Waals surface area contributed by atoms with Gasteiger partial charge in [0.1, 0.15) is 33.6 Å². The summed E-state index contributed by atoms with van der Waals surface area (Å²) in [6.07, 6.45) is 2.21. The predicted molar refractivity (Wildman–Crippen MR) is 155 cm³/mol. The molecule has 0 radical (unpaired) electrons. The van der Waals surface area contributed by atoms with Gasteiger partial charge in [-0.1, -0.05) is 6.07 Å². The van der Waals surface area contributed by atoms with Crippen LogP contribution >= 0.6 is 0 Å². The molecule has 4 aromatic rings. The van der Waals surface area contributed by atoms with Crippen LogP contribution in [0.15, 0.2) is 59.6 Å². The Hall–Kier alpha value is -4.44. The van der Waals surface area contributed by atoms with Crippen LogP contribution in [0.5, 0.6) is 5.88 Å². The quantitative estimate of drug-likeness (QED) is 0.224. The minimum Gasteiger partial charge on any atom is -0.480 e. The molecule has 0 amide bonds. The number of ether oxygens (including phenoxy) is 3. The number of carboxylic acid groups (broad SMARTS) is 1. The topological polar surface area (TPSA) is 161 Å². The Morgan fingerprint density at radius 3 is 2.64 bits per heavy atom. The summed E-state index contributed by atoms with van der Waals surface area (Å²) >= 11 is 0. The fraction of sp³-hybridized carbons (Fsp3) is 0.276. The summed E-state index contributed by atoms with van der Waals surface area (Å²) in [5, 5.41) is 16.8. The normalized spacial score (nSPS) is 17.9. The Morgan fingerprint density at radius 1 is 1.11 bits per heavy atom. The summed E-state index contributed by atoms with van der Waals surface area (Å²) < 4.78 is 72.9. The monoisotopic (exact) mass is 627 g/mol. The van der Waals surface area contributed by atoms with Gasteiger partial charge < -0.3 is 30.0 Å². The largest absolute Gasteiger partial charge is 0.480 e. The van der Waals surface area contributed by atoms with E-state index in [0.29, 0.717) is 40.9 Å². The van der Waals surface area contributed by atoms with Gasteiger partial charge in [-0.3, -0.25) is 4.72 Å². The van der Waals surface area contributed by atoms with Gasteiger partial charge in [-0.15, -0.1) is 0 Å². The predicted octanol–water partition coefficient (Wildman–Crippen LogP) is 3.95. The molecule has 2 fully saturated rings. The number of halogens is 2. The smallest absolute Gasteiger partial charge is 0.339 e. The molecule has 12 nitrogen and oxygen atoms in total. The molecule has 0 bridgehead atoms. The summed E-state index contributed by atoms with van der Waals surface area (Å²) in [6.45, 7) is 1.75. The number of hydrogen-bond donors (Lipinski definition) is 4. The summed E-state index contributed by atoms with van der Waals surface area (Å²) in [6, 6.07) is 10.1. The highest BCUT2D eigenvalue weighted by atomic mass is 32.2. The van der Waals surface area contributed by atoms with E-state index in [4.69, 9.17) is 14.2 Å². The zero-order valence-corrected chi connectivity index (χ0v) is 24.1. The van der Waals surface area contributed by atoms with Crippen LogP contribution in [0, 0.1) is 11.6 Å². The van der Waals surface area contributed by atoms with Crippen molar-refractivity contribution in [2.24, 2.45) is 0 Å². The Balaban J connectivity index is 1.29. The molecule has 2 aromatic carbocycles. The van der Waals surface area contributed by atoms with Gasteiger partial charge in [-0.2, -0.15) is 0 Å². The van der Waals surface area contributed by atoms with Gasteiger partial charge in [0.05, 0.1) is 19.2 Å². The first-order chi connectivity index (χ1) is 21.1. The lowest BCUT2D eigenvalue weighted by molar-refractivity contribution is -0.180. The Labute approximate surface area is 250 Å². The number of carboxylic acids is 1. The summed E-state index contributed by atoms with van der Waals surface area (Å²) in [5.41, 5.74) is 1.31. The van der Waals surface area contributed by atoms with Gasteiger partial charge in [0, 0.05) is 49.1 Å². The Kier molecular flexibility index (Phi) is 7.79. The zero-order chi connectivity index (χ0) is 31.1. The maximum Gasteiger partial charge on any atom is 0.339 e. The van der Waals surface area contributed by atoms with Gasteiger partial charge in [0.2, 0.25) is 5.88 Å². The van der Waals surface area contributed by atoms with Crippen molar-refractivity contribution < 1.29 is 41.3 Å². The molecule has 2 aliphatic heterocycles. The van der Waals surface area contributed by atoms with Crippen molar-refractivity contribution in [1.29, 1.82) is 0 Å². The zero-order valence-electron chi connectivity index (χ0n) is 23.3. The number of hydrogen-bond acceptors (Lipinski definition) is 10. The number of aromatic carboxylic acids is 1. The molecule has 6 rings (SSSR count). The van der Waals surface area contributed by atoms with Crippen LogP contribution in [0.1, 0.15) is 23.2 Å². The van der Waals surface area contributed by atoms with Crippen molar-refractivity contribution in [3.8, 4) is 17.0 Å². The molecule has 230 valence electrons. The van der Waals surface area contributed by atoms with Crippen molar-refractivity contribution in [2.45, 2.75) is 29.8 Å². The van der Waals surface area contributed by atoms with Crippen molar-refractivity contribution in [3.63, 3.8) is 0 Å². The summed E-state index contributed by atoms with van der Waals surface area (Å²) in [7, 11) is -3.20. The molecule has 1 atom stereocenters. The van der Waals surface area contributed by atoms with Crippen LogP contribution < -0.4 is 20.1 Å². The maximum atomic E-state index is 14.3. The van der Waals surface area contributed by atoms with E-state index in [1.54, 1.807) is 18.2 Å². The highest BCUT2D eigenvalue weighted by Crippen LogP contribution is 2.35. The molecule has 4 heterocycles. The van der Waals surface area contributed by atoms with Crippen LogP contribution in [0.4, 0.5) is 20.3 Å². The number of anilines is 2. The number of nitrogens with one attached hydrogen (secondary N) is 3. The van der Waals surface area contributed by atoms with E-state index in [1.807, 2.05) is 0 Å². The minimum atomic E-state index is -4.48. The number of sulfonamides is 1. The molecule has 2 saturated heterocycles. The summed E-state index contributed by atoms with van der Waals surface area (Å²) in [4.78, 5) is 20.2. The van der Waals surface area contributed by atoms with Gasteiger partial charge in [0.15, 0.2) is 12.0 Å². The van der Waals surface area contributed by atoms with E-state index < -0.39 is 44.5 Å². The molecule has 44 heavy (non-hydrogen) atoms. The molecular formula is C29H27F2N5O7S. The number of aromatic nitrogens is 2. The molecule has 2 aliphatic rings. The molecular weight excluding hydrogens is 600 g/mol. The highest BCUT2D eigenvalue weighted by Gasteiger charge is 2.42. The first kappa shape index (κ1) is 29.6. The third-order valence-electron chi connectivity index (χ3n) is 7.37. The lowest BCUT2D eigenvalue weighted by Gasteiger charge is -2.32. The average molecular weight is 628 g/mol. The minimum absolute atomic E-state index is 0.0767. The lowest BCUT2D eigenvalue weighted by atomic mass is 10.0. The van der Waals surface area contributed by atoms with E-state index in [0.717, 1.165) is 25.2 Å². The van der Waals surface area contributed by atoms with E-state index in [9.17, 15) is 27.1 Å². The number of nitrogens with zero attached hydrogens (tertiary/aromatic N) is 2. The fourth-order valence-electron chi connectivity index (χ4n) is 5.22. The molecule has 1 unspecified atom stereocenters. The number of rotatable bonds is 8. The molecule has 0 aliphatic carbocycles. The first-order valence-electron chi connectivity index (χ1n) is 13.6. The molecule has 15 heteroatoms. The van der Waals surface area contributed by atoms with Crippen molar-refractivity contribution in [1.82, 2.24) is 15.3 Å². The van der Waals surface area contributed by atoms with Crippen molar-refractivity contribution in [2.75, 3.05) is 36.8 Å². The van der Waals surface area contributed by atoms with E-state index in [2.05, 4.69) is 25.3 Å². The number of piperidine rings is 1. The SMILES string of the molecule is COc1ncc(-c2ccc3nc(NC4COC5(CCNCC5)O4)c(C(=O)O)cc3c2)cc1NS(=O)(=O)c1ccc(F)cc1F. The molecule has 2 aromatic heterocycles. The molecule has 4 N–H and O–H groups in total. The third-order valence-corrected chi connectivity index (χ3v) is 8.77. The number of benzene rings is 2. The van der Waals surface area contributed by atoms with Gasteiger partial charge in [-0.25, -0.2) is 32.0 Å². The second kappa shape index (κ2) is 11.6. The van der Waals surface area contributed by atoms with E-state index in [1.165, 1.54) is 25.4 Å². The molecule has 1 spiro atoms. The average Bonchev–Trinajstić information content (AvgIpc) is 3.37. The first-order valence-corrected chi connectivity index (χ1v) is 15.0. The van der Waals surface area contributed by atoms with Gasteiger partial charge >= 0.3 is 5.97 Å². The summed E-state index contributed by atoms with van der Waals surface area (Å²) in [5.74, 6) is -4.04. The second-order valence-corrected chi connectivity index (χ2v) is 11.9. The number of carbonyl (C=O) groups is 1. The van der Waals surface area contributed by atoms with E-state index in [-0.39, 0.29) is 29.6 Å². The number of methoxy groups -OCH3 is 1. The number of fused-ring (bicyclic) bond motifs is 1. The van der Waals surface area contributed by atoms with Crippen molar-refractivity contribution in [3.05, 3.63) is 71.9 Å².